The molecule has 0 saturated heterocycles. The molecule has 1 heterocycles. The maximum Gasteiger partial charge on any atom is 0.0435 e. The summed E-state index contributed by atoms with van der Waals surface area (Å²) in [6, 6.07) is 10.8. The fraction of sp³-hybridized carbons (Fsp3) is 0.389. The lowest BCUT2D eigenvalue weighted by Gasteiger charge is -2.20. The van der Waals surface area contributed by atoms with Gasteiger partial charge in [0.2, 0.25) is 0 Å². The second-order valence-electron chi connectivity index (χ2n) is 6.13. The first-order chi connectivity index (χ1) is 9.78. The molecule has 2 heteroatoms. The molecule has 102 valence electrons. The van der Waals surface area contributed by atoms with Crippen LogP contribution in [0.5, 0.6) is 0 Å². The number of pyridine rings is 1. The van der Waals surface area contributed by atoms with E-state index in [9.17, 15) is 0 Å². The van der Waals surface area contributed by atoms with Gasteiger partial charge in [0.25, 0.3) is 0 Å². The van der Waals surface area contributed by atoms with Crippen molar-refractivity contribution < 1.29 is 0 Å². The van der Waals surface area contributed by atoms with Crippen LogP contribution in [0.25, 0.3) is 0 Å². The van der Waals surface area contributed by atoms with Gasteiger partial charge in [-0.25, -0.2) is 0 Å². The topological polar surface area (TPSA) is 12.9 Å². The predicted molar refractivity (Wildman–Crippen MR) is 82.3 cm³/mol. The fourth-order valence-electron chi connectivity index (χ4n) is 3.49. The van der Waals surface area contributed by atoms with Crippen molar-refractivity contribution in [1.29, 1.82) is 0 Å². The Morgan fingerprint density at radius 2 is 1.70 bits per heavy atom. The summed E-state index contributed by atoms with van der Waals surface area (Å²) in [4.78, 5) is 4.74. The quantitative estimate of drug-likeness (QED) is 0.779. The summed E-state index contributed by atoms with van der Waals surface area (Å²) in [5.41, 5.74) is 5.81. The lowest BCUT2D eigenvalue weighted by Crippen LogP contribution is -2.13. The highest BCUT2D eigenvalue weighted by molar-refractivity contribution is 6.30. The fourth-order valence-corrected chi connectivity index (χ4v) is 3.61. The van der Waals surface area contributed by atoms with Crippen molar-refractivity contribution in [3.05, 3.63) is 63.9 Å². The predicted octanol–water partition coefficient (Wildman–Crippen LogP) is 4.69. The largest absolute Gasteiger partial charge is 0.261 e. The lowest BCUT2D eigenvalue weighted by molar-refractivity contribution is 0.662. The SMILES string of the molecule is Clc1ccc(C2(c3cnc4c(c3)CCCC4)CC2)cc1. The minimum atomic E-state index is 0.212. The molecule has 0 N–H and O–H groups in total. The van der Waals surface area contributed by atoms with E-state index in [1.54, 1.807) is 0 Å². The second kappa shape index (κ2) is 4.60. The number of nitrogens with zero attached hydrogens (tertiary/aromatic N) is 1. The van der Waals surface area contributed by atoms with Crippen LogP contribution in [0.1, 0.15) is 48.1 Å². The van der Waals surface area contributed by atoms with E-state index in [1.165, 1.54) is 54.5 Å². The van der Waals surface area contributed by atoms with E-state index in [0.29, 0.717) is 0 Å². The van der Waals surface area contributed by atoms with Crippen LogP contribution in [-0.4, -0.2) is 4.98 Å². The summed E-state index contributed by atoms with van der Waals surface area (Å²) in [5, 5.41) is 0.813. The van der Waals surface area contributed by atoms with E-state index in [2.05, 4.69) is 24.4 Å². The Balaban J connectivity index is 1.74. The van der Waals surface area contributed by atoms with Gasteiger partial charge >= 0.3 is 0 Å². The minimum absolute atomic E-state index is 0.212. The Morgan fingerprint density at radius 3 is 2.45 bits per heavy atom. The number of rotatable bonds is 2. The highest BCUT2D eigenvalue weighted by atomic mass is 35.5. The Bertz CT molecular complexity index is 641. The first kappa shape index (κ1) is 12.4. The lowest BCUT2D eigenvalue weighted by atomic mass is 9.86. The van der Waals surface area contributed by atoms with E-state index in [4.69, 9.17) is 16.6 Å². The zero-order chi connectivity index (χ0) is 13.6. The van der Waals surface area contributed by atoms with Gasteiger partial charge < -0.3 is 0 Å². The molecule has 0 radical (unpaired) electrons. The molecular formula is C18H18ClN. The molecule has 2 aliphatic carbocycles. The van der Waals surface area contributed by atoms with Gasteiger partial charge in [-0.2, -0.15) is 0 Å². The van der Waals surface area contributed by atoms with Gasteiger partial charge in [-0.05, 0) is 67.3 Å². The van der Waals surface area contributed by atoms with E-state index in [1.807, 2.05) is 12.1 Å². The molecule has 4 rings (SSSR count). The Morgan fingerprint density at radius 1 is 0.950 bits per heavy atom. The minimum Gasteiger partial charge on any atom is -0.261 e. The third-order valence-corrected chi connectivity index (χ3v) is 5.12. The van der Waals surface area contributed by atoms with Crippen molar-refractivity contribution in [2.75, 3.05) is 0 Å². The summed E-state index contributed by atoms with van der Waals surface area (Å²) in [5.74, 6) is 0. The summed E-state index contributed by atoms with van der Waals surface area (Å²) in [6.07, 6.45) is 9.54. The van der Waals surface area contributed by atoms with Crippen molar-refractivity contribution >= 4 is 11.6 Å². The van der Waals surface area contributed by atoms with Gasteiger partial charge in [0.05, 0.1) is 0 Å². The maximum absolute atomic E-state index is 6.01. The average Bonchev–Trinajstić information content (AvgIpc) is 3.29. The van der Waals surface area contributed by atoms with Crippen LogP contribution in [0.4, 0.5) is 0 Å². The molecular weight excluding hydrogens is 266 g/mol. The maximum atomic E-state index is 6.01. The van der Waals surface area contributed by atoms with Crippen molar-refractivity contribution in [2.45, 2.75) is 43.9 Å². The number of fused-ring (bicyclic) bond motifs is 1. The zero-order valence-electron chi connectivity index (χ0n) is 11.5. The number of hydrogen-bond acceptors (Lipinski definition) is 1. The van der Waals surface area contributed by atoms with Gasteiger partial charge in [-0.3, -0.25) is 4.98 Å². The van der Waals surface area contributed by atoms with E-state index in [-0.39, 0.29) is 5.41 Å². The van der Waals surface area contributed by atoms with Crippen LogP contribution in [-0.2, 0) is 18.3 Å². The standard InChI is InChI=1S/C18H18ClN/c19-16-7-5-14(6-8-16)18(9-10-18)15-11-13-3-1-2-4-17(13)20-12-15/h5-8,11-12H,1-4,9-10H2. The summed E-state index contributed by atoms with van der Waals surface area (Å²) < 4.78 is 0. The van der Waals surface area contributed by atoms with Crippen LogP contribution >= 0.6 is 11.6 Å². The molecule has 1 nitrogen and oxygen atoms in total. The number of aromatic nitrogens is 1. The molecule has 1 aromatic heterocycles. The van der Waals surface area contributed by atoms with Gasteiger partial charge in [0.1, 0.15) is 0 Å². The van der Waals surface area contributed by atoms with Crippen LogP contribution in [0, 0.1) is 0 Å². The van der Waals surface area contributed by atoms with Crippen LogP contribution < -0.4 is 0 Å². The van der Waals surface area contributed by atoms with Crippen molar-refractivity contribution in [2.24, 2.45) is 0 Å². The second-order valence-corrected chi connectivity index (χ2v) is 6.56. The normalized spacial score (nSPS) is 19.4. The smallest absolute Gasteiger partial charge is 0.0435 e. The first-order valence-electron chi connectivity index (χ1n) is 7.52. The molecule has 0 spiro atoms. The van der Waals surface area contributed by atoms with Crippen molar-refractivity contribution in [3.8, 4) is 0 Å². The van der Waals surface area contributed by atoms with E-state index < -0.39 is 0 Å². The van der Waals surface area contributed by atoms with Crippen LogP contribution in [0.15, 0.2) is 36.5 Å². The van der Waals surface area contributed by atoms with Crippen molar-refractivity contribution in [3.63, 3.8) is 0 Å². The molecule has 0 bridgehead atoms. The van der Waals surface area contributed by atoms with Gasteiger partial charge in [-0.1, -0.05) is 29.8 Å². The molecule has 0 unspecified atom stereocenters. The van der Waals surface area contributed by atoms with Gasteiger partial charge in [0.15, 0.2) is 0 Å². The summed E-state index contributed by atoms with van der Waals surface area (Å²) in [7, 11) is 0. The molecule has 2 aromatic rings. The highest BCUT2D eigenvalue weighted by Gasteiger charge is 2.46. The monoisotopic (exact) mass is 283 g/mol. The van der Waals surface area contributed by atoms with Crippen LogP contribution in [0.2, 0.25) is 5.02 Å². The molecule has 1 fully saturated rings. The molecule has 0 atom stereocenters. The average molecular weight is 284 g/mol. The van der Waals surface area contributed by atoms with Gasteiger partial charge in [-0.15, -0.1) is 0 Å². The Hall–Kier alpha value is -1.34. The van der Waals surface area contributed by atoms with Crippen molar-refractivity contribution in [1.82, 2.24) is 4.98 Å². The van der Waals surface area contributed by atoms with Crippen LogP contribution in [0.3, 0.4) is 0 Å². The Kier molecular flexibility index (Phi) is 2.85. The Labute approximate surface area is 125 Å². The van der Waals surface area contributed by atoms with E-state index in [0.717, 1.165) is 11.4 Å². The number of aryl methyl sites for hydroxylation is 2. The van der Waals surface area contributed by atoms with E-state index >= 15 is 0 Å². The van der Waals surface area contributed by atoms with Gasteiger partial charge in [0, 0.05) is 22.3 Å². The summed E-state index contributed by atoms with van der Waals surface area (Å²) >= 11 is 6.01. The molecule has 20 heavy (non-hydrogen) atoms. The summed E-state index contributed by atoms with van der Waals surface area (Å²) in [6.45, 7) is 0. The first-order valence-corrected chi connectivity index (χ1v) is 7.90. The molecule has 1 aromatic carbocycles. The number of benzene rings is 1. The molecule has 0 amide bonds. The molecule has 1 saturated carbocycles. The third kappa shape index (κ3) is 1.96. The third-order valence-electron chi connectivity index (χ3n) is 4.87. The number of hydrogen-bond donors (Lipinski definition) is 0. The number of halogens is 1. The highest BCUT2D eigenvalue weighted by Crippen LogP contribution is 2.53. The molecule has 2 aliphatic rings. The zero-order valence-corrected chi connectivity index (χ0v) is 12.3. The molecule has 0 aliphatic heterocycles.